The Bertz CT molecular complexity index is 744. The summed E-state index contributed by atoms with van der Waals surface area (Å²) in [7, 11) is 0. The number of rotatable bonds is 4. The van der Waals surface area contributed by atoms with E-state index in [1.54, 1.807) is 12.3 Å². The number of nitrogens with one attached hydrogen (secondary N) is 2. The van der Waals surface area contributed by atoms with E-state index < -0.39 is 0 Å². The third-order valence-electron chi connectivity index (χ3n) is 2.67. The molecule has 0 saturated carbocycles. The number of hydrogen-bond donors (Lipinski definition) is 3. The number of ether oxygens (including phenoxy) is 1. The van der Waals surface area contributed by atoms with E-state index in [0.29, 0.717) is 28.5 Å². The van der Waals surface area contributed by atoms with E-state index in [2.05, 4.69) is 25.6 Å². The van der Waals surface area contributed by atoms with E-state index in [1.807, 2.05) is 18.2 Å². The molecule has 0 bridgehead atoms. The van der Waals surface area contributed by atoms with Crippen LogP contribution in [0.2, 0.25) is 5.02 Å². The quantitative estimate of drug-likeness (QED) is 0.501. The summed E-state index contributed by atoms with van der Waals surface area (Å²) in [5.41, 5.74) is 3.88. The molecule has 8 heteroatoms. The molecule has 4 N–H and O–H groups in total. The lowest BCUT2D eigenvalue weighted by Gasteiger charge is -2.07. The smallest absolute Gasteiger partial charge is 0.242 e. The molecule has 0 radical (unpaired) electrons. The summed E-state index contributed by atoms with van der Waals surface area (Å²) >= 11 is 5.93. The van der Waals surface area contributed by atoms with Crippen LogP contribution in [-0.2, 0) is 6.61 Å². The summed E-state index contributed by atoms with van der Waals surface area (Å²) in [6.45, 7) is 0.335. The van der Waals surface area contributed by atoms with Gasteiger partial charge in [-0.05, 0) is 17.7 Å². The highest BCUT2D eigenvalue weighted by atomic mass is 35.5. The lowest BCUT2D eigenvalue weighted by atomic mass is 10.2. The Balaban J connectivity index is 1.88. The van der Waals surface area contributed by atoms with Gasteiger partial charge in [0, 0.05) is 5.02 Å². The van der Waals surface area contributed by atoms with Crippen LogP contribution < -0.4 is 16.0 Å². The van der Waals surface area contributed by atoms with Gasteiger partial charge in [0.25, 0.3) is 0 Å². The van der Waals surface area contributed by atoms with Gasteiger partial charge >= 0.3 is 0 Å². The van der Waals surface area contributed by atoms with Gasteiger partial charge in [0.2, 0.25) is 11.8 Å². The van der Waals surface area contributed by atoms with Gasteiger partial charge in [-0.3, -0.25) is 10.5 Å². The van der Waals surface area contributed by atoms with Crippen LogP contribution in [0, 0.1) is 0 Å². The first-order valence-corrected chi connectivity index (χ1v) is 6.19. The number of benzene rings is 1. The van der Waals surface area contributed by atoms with E-state index in [9.17, 15) is 0 Å². The molecule has 20 heavy (non-hydrogen) atoms. The van der Waals surface area contributed by atoms with Gasteiger partial charge in [0.05, 0.1) is 6.20 Å². The molecule has 3 aromatic rings. The predicted octanol–water partition coefficient (Wildman–Crippen LogP) is 1.87. The Morgan fingerprint density at radius 1 is 1.35 bits per heavy atom. The van der Waals surface area contributed by atoms with Gasteiger partial charge < -0.3 is 4.74 Å². The van der Waals surface area contributed by atoms with Gasteiger partial charge in [-0.1, -0.05) is 23.7 Å². The second kappa shape index (κ2) is 5.32. The van der Waals surface area contributed by atoms with Crippen molar-refractivity contribution < 1.29 is 4.74 Å². The fourth-order valence-corrected chi connectivity index (χ4v) is 1.97. The number of fused-ring (bicyclic) bond motifs is 1. The molecule has 0 atom stereocenters. The number of nitrogens with two attached hydrogens (primary N) is 1. The summed E-state index contributed by atoms with van der Waals surface area (Å²) in [5.74, 6) is 5.98. The Hall–Kier alpha value is -2.38. The Labute approximate surface area is 119 Å². The molecule has 0 amide bonds. The molecule has 1 aromatic carbocycles. The average Bonchev–Trinajstić information content (AvgIpc) is 2.93. The predicted molar refractivity (Wildman–Crippen MR) is 75.3 cm³/mol. The largest absolute Gasteiger partial charge is 0.472 e. The van der Waals surface area contributed by atoms with Crippen LogP contribution in [0.15, 0.2) is 30.5 Å². The number of hydrogen-bond acceptors (Lipinski definition) is 6. The van der Waals surface area contributed by atoms with Crippen LogP contribution in [-0.4, -0.2) is 20.2 Å². The van der Waals surface area contributed by atoms with E-state index >= 15 is 0 Å². The van der Waals surface area contributed by atoms with Gasteiger partial charge in [0.1, 0.15) is 12.0 Å². The highest BCUT2D eigenvalue weighted by molar-refractivity contribution is 6.30. The third kappa shape index (κ3) is 2.49. The van der Waals surface area contributed by atoms with Crippen LogP contribution >= 0.6 is 11.6 Å². The van der Waals surface area contributed by atoms with Crippen molar-refractivity contribution in [2.24, 2.45) is 5.84 Å². The number of aromatic amines is 1. The third-order valence-corrected chi connectivity index (χ3v) is 2.90. The zero-order chi connectivity index (χ0) is 13.9. The maximum atomic E-state index is 5.93. The van der Waals surface area contributed by atoms with E-state index in [4.69, 9.17) is 22.2 Å². The van der Waals surface area contributed by atoms with Gasteiger partial charge in [-0.25, -0.2) is 5.84 Å². The highest BCUT2D eigenvalue weighted by Crippen LogP contribution is 2.23. The first-order valence-electron chi connectivity index (χ1n) is 5.81. The summed E-state index contributed by atoms with van der Waals surface area (Å²) in [6, 6.07) is 7.42. The maximum absolute atomic E-state index is 5.93. The number of anilines is 1. The summed E-state index contributed by atoms with van der Waals surface area (Å²) < 4.78 is 5.70. The number of halogens is 1. The van der Waals surface area contributed by atoms with Crippen molar-refractivity contribution in [3.63, 3.8) is 0 Å². The lowest BCUT2D eigenvalue weighted by Crippen LogP contribution is -2.11. The lowest BCUT2D eigenvalue weighted by molar-refractivity contribution is 0.298. The van der Waals surface area contributed by atoms with Gasteiger partial charge in [-0.15, -0.1) is 0 Å². The molecule has 2 aromatic heterocycles. The molecule has 7 nitrogen and oxygen atoms in total. The van der Waals surface area contributed by atoms with E-state index in [1.165, 1.54) is 0 Å². The van der Waals surface area contributed by atoms with Crippen molar-refractivity contribution in [1.29, 1.82) is 0 Å². The van der Waals surface area contributed by atoms with Crippen molar-refractivity contribution in [2.45, 2.75) is 6.61 Å². The standard InChI is InChI=1S/C12H11ClN6O/c13-8-3-1-2-7(4-8)6-20-11-9-5-15-19-10(9)16-12(17-11)18-14/h1-5H,6,14H2,(H2,15,16,17,18,19). The molecule has 0 saturated heterocycles. The zero-order valence-corrected chi connectivity index (χ0v) is 11.1. The first-order chi connectivity index (χ1) is 9.76. The van der Waals surface area contributed by atoms with Crippen LogP contribution in [0.1, 0.15) is 5.56 Å². The van der Waals surface area contributed by atoms with Crippen molar-refractivity contribution in [2.75, 3.05) is 5.43 Å². The molecule has 3 rings (SSSR count). The number of nitrogen functional groups attached to an aromatic ring is 1. The number of H-pyrrole nitrogens is 1. The van der Waals surface area contributed by atoms with Crippen LogP contribution in [0.4, 0.5) is 5.95 Å². The van der Waals surface area contributed by atoms with E-state index in [0.717, 1.165) is 5.56 Å². The normalized spacial score (nSPS) is 10.7. The minimum atomic E-state index is 0.253. The maximum Gasteiger partial charge on any atom is 0.242 e. The van der Waals surface area contributed by atoms with Gasteiger partial charge in [0.15, 0.2) is 5.65 Å². The molecule has 0 unspecified atom stereocenters. The topological polar surface area (TPSA) is 102 Å². The molecule has 0 aliphatic rings. The minimum absolute atomic E-state index is 0.253. The van der Waals surface area contributed by atoms with E-state index in [-0.39, 0.29) is 5.95 Å². The average molecular weight is 291 g/mol. The fourth-order valence-electron chi connectivity index (χ4n) is 1.76. The Morgan fingerprint density at radius 2 is 2.25 bits per heavy atom. The van der Waals surface area contributed by atoms with Crippen molar-refractivity contribution >= 4 is 28.6 Å². The molecule has 0 aliphatic carbocycles. The molecule has 0 spiro atoms. The Kier molecular flexibility index (Phi) is 3.36. The molecule has 2 heterocycles. The summed E-state index contributed by atoms with van der Waals surface area (Å²) in [6.07, 6.45) is 1.60. The highest BCUT2D eigenvalue weighted by Gasteiger charge is 2.10. The van der Waals surface area contributed by atoms with Crippen LogP contribution in [0.5, 0.6) is 5.88 Å². The zero-order valence-electron chi connectivity index (χ0n) is 10.3. The van der Waals surface area contributed by atoms with Gasteiger partial charge in [-0.2, -0.15) is 15.1 Å². The minimum Gasteiger partial charge on any atom is -0.472 e. The monoisotopic (exact) mass is 290 g/mol. The Morgan fingerprint density at radius 3 is 3.05 bits per heavy atom. The van der Waals surface area contributed by atoms with Crippen molar-refractivity contribution in [3.8, 4) is 5.88 Å². The van der Waals surface area contributed by atoms with Crippen LogP contribution in [0.25, 0.3) is 11.0 Å². The van der Waals surface area contributed by atoms with Crippen molar-refractivity contribution in [1.82, 2.24) is 20.2 Å². The molecular formula is C12H11ClN6O. The summed E-state index contributed by atoms with van der Waals surface area (Å²) in [5, 5.41) is 8.00. The number of aromatic nitrogens is 4. The number of hydrazine groups is 1. The van der Waals surface area contributed by atoms with Crippen molar-refractivity contribution in [3.05, 3.63) is 41.0 Å². The summed E-state index contributed by atoms with van der Waals surface area (Å²) in [4.78, 5) is 8.28. The second-order valence-electron chi connectivity index (χ2n) is 4.05. The molecule has 0 aliphatic heterocycles. The number of nitrogens with zero attached hydrogens (tertiary/aromatic N) is 3. The molecule has 0 fully saturated rings. The fraction of sp³-hybridized carbons (Fsp3) is 0.0833. The SMILES string of the molecule is NNc1nc(OCc2cccc(Cl)c2)c2cn[nH]c2n1. The van der Waals surface area contributed by atoms with Crippen LogP contribution in [0.3, 0.4) is 0 Å². The second-order valence-corrected chi connectivity index (χ2v) is 4.48. The molecular weight excluding hydrogens is 280 g/mol. The first kappa shape index (κ1) is 12.6. The molecule has 102 valence electrons.